The van der Waals surface area contributed by atoms with Crippen molar-refractivity contribution in [2.45, 2.75) is 13.1 Å². The van der Waals surface area contributed by atoms with Gasteiger partial charge >= 0.3 is 0 Å². The molecule has 0 saturated carbocycles. The fourth-order valence-electron chi connectivity index (χ4n) is 7.63. The molecule has 0 amide bonds. The van der Waals surface area contributed by atoms with Crippen LogP contribution in [0.4, 0.5) is 0 Å². The molecule has 8 aromatic rings. The first-order chi connectivity index (χ1) is 23.1. The summed E-state index contributed by atoms with van der Waals surface area (Å²) < 4.78 is 0. The molecule has 1 aromatic heterocycles. The summed E-state index contributed by atoms with van der Waals surface area (Å²) in [7, 11) is -1.75. The molecule has 0 fully saturated rings. The van der Waals surface area contributed by atoms with Crippen LogP contribution in [0.2, 0.25) is 13.1 Å². The van der Waals surface area contributed by atoms with Gasteiger partial charge in [0.1, 0.15) is 8.07 Å². The molecule has 7 aromatic carbocycles. The van der Waals surface area contributed by atoms with Gasteiger partial charge in [-0.25, -0.2) is 9.97 Å². The van der Waals surface area contributed by atoms with Gasteiger partial charge in [-0.1, -0.05) is 159 Å². The van der Waals surface area contributed by atoms with Crippen molar-refractivity contribution >= 4 is 40.0 Å². The fraction of sp³-hybridized carbons (Fsp3) is 0.0455. The van der Waals surface area contributed by atoms with Crippen molar-refractivity contribution in [2.24, 2.45) is 0 Å². The van der Waals surface area contributed by atoms with Gasteiger partial charge in [0, 0.05) is 16.7 Å². The Bertz CT molecular complexity index is 2370. The quantitative estimate of drug-likeness (QED) is 0.145. The molecule has 0 atom stereocenters. The van der Waals surface area contributed by atoms with E-state index in [-0.39, 0.29) is 0 Å². The number of hydrogen-bond acceptors (Lipinski definition) is 2. The minimum absolute atomic E-state index is 0.736. The Morgan fingerprint density at radius 3 is 1.43 bits per heavy atom. The minimum atomic E-state index is -1.75. The lowest BCUT2D eigenvalue weighted by Gasteiger charge is -2.20. The monoisotopic (exact) mass is 616 g/mol. The van der Waals surface area contributed by atoms with E-state index in [1.54, 1.807) is 0 Å². The standard InChI is InChI=1S/C44H32N2Si/c1-47(2)40-24-14-13-19-32(40)37-27-31(25-26-41(37)47)42-33-20-9-11-22-35(33)43(36-23-12-10-21-34(36)42)44-45-38(29-15-5-3-6-16-29)28-39(46-44)30-17-7-4-8-18-30/h3-28H,1-2H3. The maximum atomic E-state index is 5.28. The number of hydrogen-bond donors (Lipinski definition) is 0. The molecule has 0 radical (unpaired) electrons. The van der Waals surface area contributed by atoms with E-state index < -0.39 is 8.07 Å². The summed E-state index contributed by atoms with van der Waals surface area (Å²) in [6.07, 6.45) is 0. The van der Waals surface area contributed by atoms with Crippen molar-refractivity contribution in [1.82, 2.24) is 9.97 Å². The third-order valence-corrected chi connectivity index (χ3v) is 13.5. The van der Waals surface area contributed by atoms with Crippen LogP contribution in [0.15, 0.2) is 158 Å². The summed E-state index contributed by atoms with van der Waals surface area (Å²) >= 11 is 0. The highest BCUT2D eigenvalue weighted by molar-refractivity contribution is 7.03. The third kappa shape index (κ3) is 4.39. The number of nitrogens with zero attached hydrogens (tertiary/aromatic N) is 2. The first-order valence-corrected chi connectivity index (χ1v) is 19.3. The summed E-state index contributed by atoms with van der Waals surface area (Å²) in [5.74, 6) is 0.736. The average Bonchev–Trinajstić information content (AvgIpc) is 3.36. The Kier molecular flexibility index (Phi) is 6.31. The summed E-state index contributed by atoms with van der Waals surface area (Å²) in [6, 6.07) is 56.8. The van der Waals surface area contributed by atoms with Crippen molar-refractivity contribution in [3.05, 3.63) is 158 Å². The third-order valence-electron chi connectivity index (χ3n) is 9.89. The van der Waals surface area contributed by atoms with Crippen LogP contribution in [0.5, 0.6) is 0 Å². The van der Waals surface area contributed by atoms with Gasteiger partial charge in [0.2, 0.25) is 0 Å². The molecule has 0 aliphatic carbocycles. The molecule has 1 aliphatic rings. The summed E-state index contributed by atoms with van der Waals surface area (Å²) in [4.78, 5) is 10.6. The molecule has 0 bridgehead atoms. The van der Waals surface area contributed by atoms with Crippen LogP contribution in [0.3, 0.4) is 0 Å². The molecule has 9 rings (SSSR count). The first kappa shape index (κ1) is 27.6. The van der Waals surface area contributed by atoms with Crippen molar-refractivity contribution in [2.75, 3.05) is 0 Å². The SMILES string of the molecule is C[Si]1(C)c2ccccc2-c2cc(-c3c4ccccc4c(-c4nc(-c5ccccc5)cc(-c5ccccc5)n4)c4ccccc34)ccc21. The van der Waals surface area contributed by atoms with Crippen LogP contribution in [-0.4, -0.2) is 18.0 Å². The van der Waals surface area contributed by atoms with Crippen molar-refractivity contribution in [3.63, 3.8) is 0 Å². The molecule has 1 aliphatic heterocycles. The second-order valence-corrected chi connectivity index (χ2v) is 17.3. The fourth-order valence-corrected chi connectivity index (χ4v) is 10.7. The van der Waals surface area contributed by atoms with E-state index in [1.807, 2.05) is 12.1 Å². The molecule has 0 unspecified atom stereocenters. The topological polar surface area (TPSA) is 25.8 Å². The Balaban J connectivity index is 1.34. The predicted molar refractivity (Wildman–Crippen MR) is 201 cm³/mol. The van der Waals surface area contributed by atoms with Crippen LogP contribution in [0.1, 0.15) is 0 Å². The lowest BCUT2D eigenvalue weighted by atomic mass is 9.87. The van der Waals surface area contributed by atoms with Crippen LogP contribution in [0.25, 0.3) is 77.7 Å². The molecule has 2 heterocycles. The Labute approximate surface area is 276 Å². The zero-order valence-electron chi connectivity index (χ0n) is 26.4. The highest BCUT2D eigenvalue weighted by Gasteiger charge is 2.37. The second-order valence-electron chi connectivity index (χ2n) is 13.0. The van der Waals surface area contributed by atoms with Crippen molar-refractivity contribution in [3.8, 4) is 56.2 Å². The van der Waals surface area contributed by atoms with E-state index >= 15 is 0 Å². The van der Waals surface area contributed by atoms with Gasteiger partial charge in [-0.15, -0.1) is 0 Å². The molecule has 2 nitrogen and oxygen atoms in total. The van der Waals surface area contributed by atoms with Crippen molar-refractivity contribution in [1.29, 1.82) is 0 Å². The second kappa shape index (κ2) is 10.7. The van der Waals surface area contributed by atoms with E-state index in [0.29, 0.717) is 0 Å². The summed E-state index contributed by atoms with van der Waals surface area (Å²) in [5, 5.41) is 7.77. The van der Waals surface area contributed by atoms with E-state index in [0.717, 1.165) is 44.7 Å². The van der Waals surface area contributed by atoms with E-state index in [2.05, 4.69) is 159 Å². The Morgan fingerprint density at radius 1 is 0.383 bits per heavy atom. The van der Waals surface area contributed by atoms with E-state index in [9.17, 15) is 0 Å². The minimum Gasteiger partial charge on any atom is -0.228 e. The number of benzene rings is 7. The van der Waals surface area contributed by atoms with Gasteiger partial charge in [-0.05, 0) is 66.3 Å². The maximum absolute atomic E-state index is 5.28. The van der Waals surface area contributed by atoms with Gasteiger partial charge in [0.05, 0.1) is 11.4 Å². The lowest BCUT2D eigenvalue weighted by Crippen LogP contribution is -2.49. The van der Waals surface area contributed by atoms with Gasteiger partial charge < -0.3 is 0 Å². The molecule has 47 heavy (non-hydrogen) atoms. The summed E-state index contributed by atoms with van der Waals surface area (Å²) in [6.45, 7) is 4.95. The molecule has 3 heteroatoms. The maximum Gasteiger partial charge on any atom is 0.161 e. The van der Waals surface area contributed by atoms with Crippen LogP contribution < -0.4 is 10.4 Å². The molecule has 0 saturated heterocycles. The van der Waals surface area contributed by atoms with Gasteiger partial charge in [0.25, 0.3) is 0 Å². The highest BCUT2D eigenvalue weighted by atomic mass is 28.3. The molecule has 0 spiro atoms. The lowest BCUT2D eigenvalue weighted by molar-refractivity contribution is 1.19. The summed E-state index contributed by atoms with van der Waals surface area (Å²) in [5.41, 5.74) is 10.3. The number of aromatic nitrogens is 2. The molecular weight excluding hydrogens is 585 g/mol. The highest BCUT2D eigenvalue weighted by Crippen LogP contribution is 2.44. The number of rotatable bonds is 4. The first-order valence-electron chi connectivity index (χ1n) is 16.3. The van der Waals surface area contributed by atoms with Crippen LogP contribution >= 0.6 is 0 Å². The molecule has 222 valence electrons. The Hall–Kier alpha value is -5.64. The van der Waals surface area contributed by atoms with Crippen LogP contribution in [0, 0.1) is 0 Å². The molecular formula is C44H32N2Si. The zero-order chi connectivity index (χ0) is 31.5. The van der Waals surface area contributed by atoms with Gasteiger partial charge in [-0.2, -0.15) is 0 Å². The van der Waals surface area contributed by atoms with Crippen LogP contribution in [-0.2, 0) is 0 Å². The van der Waals surface area contributed by atoms with E-state index in [1.165, 1.54) is 43.4 Å². The Morgan fingerprint density at radius 2 is 0.851 bits per heavy atom. The average molecular weight is 617 g/mol. The predicted octanol–water partition coefficient (Wildman–Crippen LogP) is 10.3. The zero-order valence-corrected chi connectivity index (χ0v) is 27.4. The van der Waals surface area contributed by atoms with Crippen molar-refractivity contribution < 1.29 is 0 Å². The van der Waals surface area contributed by atoms with Gasteiger partial charge in [0.15, 0.2) is 5.82 Å². The molecule has 0 N–H and O–H groups in total. The smallest absolute Gasteiger partial charge is 0.161 e. The number of fused-ring (bicyclic) bond motifs is 5. The van der Waals surface area contributed by atoms with Gasteiger partial charge in [-0.3, -0.25) is 0 Å². The normalized spacial score (nSPS) is 13.1. The van der Waals surface area contributed by atoms with E-state index in [4.69, 9.17) is 9.97 Å². The largest absolute Gasteiger partial charge is 0.228 e.